The van der Waals surface area contributed by atoms with Gasteiger partial charge in [-0.05, 0) is 6.92 Å². The first-order valence-corrected chi connectivity index (χ1v) is 5.61. The Bertz CT molecular complexity index is 302. The van der Waals surface area contributed by atoms with Crippen LogP contribution in [0.4, 0.5) is 0 Å². The van der Waals surface area contributed by atoms with Gasteiger partial charge in [0.25, 0.3) is 0 Å². The molecule has 1 aromatic heterocycles. The number of hydrogen-bond donors (Lipinski definition) is 1. The third-order valence-electron chi connectivity index (χ3n) is 2.66. The smallest absolute Gasteiger partial charge is 0.188 e. The Kier molecular flexibility index (Phi) is 3.61. The molecule has 15 heavy (non-hydrogen) atoms. The van der Waals surface area contributed by atoms with Gasteiger partial charge in [-0.2, -0.15) is 0 Å². The molecule has 0 aromatic carbocycles. The highest BCUT2D eigenvalue weighted by Crippen LogP contribution is 2.06. The van der Waals surface area contributed by atoms with Crippen LogP contribution in [-0.2, 0) is 11.3 Å². The molecule has 0 saturated carbocycles. The molecule has 0 bridgehead atoms. The summed E-state index contributed by atoms with van der Waals surface area (Å²) >= 11 is 4.26. The highest BCUT2D eigenvalue weighted by atomic mass is 32.1. The van der Waals surface area contributed by atoms with Crippen molar-refractivity contribution in [3.63, 3.8) is 0 Å². The second-order valence-corrected chi connectivity index (χ2v) is 4.05. The van der Waals surface area contributed by atoms with Gasteiger partial charge in [0.15, 0.2) is 5.16 Å². The molecule has 1 aromatic rings. The first-order chi connectivity index (χ1) is 7.27. The summed E-state index contributed by atoms with van der Waals surface area (Å²) in [4.78, 5) is 2.39. The summed E-state index contributed by atoms with van der Waals surface area (Å²) in [6.07, 6.45) is 0. The lowest BCUT2D eigenvalue weighted by Gasteiger charge is -2.26. The maximum atomic E-state index is 5.30. The fraction of sp³-hybridized carbons (Fsp3) is 0.778. The number of thiol groups is 1. The van der Waals surface area contributed by atoms with Gasteiger partial charge in [0, 0.05) is 26.2 Å². The largest absolute Gasteiger partial charge is 0.379 e. The van der Waals surface area contributed by atoms with E-state index in [1.54, 1.807) is 0 Å². The number of nitrogens with zero attached hydrogens (tertiary/aromatic N) is 4. The normalized spacial score (nSPS) is 18.3. The van der Waals surface area contributed by atoms with E-state index in [0.29, 0.717) is 5.16 Å². The van der Waals surface area contributed by atoms with Crippen molar-refractivity contribution < 1.29 is 4.74 Å². The summed E-state index contributed by atoms with van der Waals surface area (Å²) < 4.78 is 7.32. The van der Waals surface area contributed by atoms with Crippen LogP contribution in [-0.4, -0.2) is 52.5 Å². The first kappa shape index (κ1) is 10.9. The molecule has 0 amide bonds. The molecule has 1 saturated heterocycles. The van der Waals surface area contributed by atoms with Crippen molar-refractivity contribution in [2.24, 2.45) is 0 Å². The number of aryl methyl sites for hydroxylation is 1. The lowest BCUT2D eigenvalue weighted by Crippen LogP contribution is -2.38. The van der Waals surface area contributed by atoms with E-state index < -0.39 is 0 Å². The second kappa shape index (κ2) is 4.96. The van der Waals surface area contributed by atoms with Crippen LogP contribution in [0, 0.1) is 6.92 Å². The summed E-state index contributed by atoms with van der Waals surface area (Å²) in [5.41, 5.74) is 0. The topological polar surface area (TPSA) is 43.2 Å². The molecule has 0 radical (unpaired) electrons. The van der Waals surface area contributed by atoms with Gasteiger partial charge in [0.05, 0.1) is 13.2 Å². The van der Waals surface area contributed by atoms with Crippen LogP contribution >= 0.6 is 12.6 Å². The molecule has 0 spiro atoms. The molecule has 5 nitrogen and oxygen atoms in total. The molecule has 1 fully saturated rings. The van der Waals surface area contributed by atoms with Crippen LogP contribution in [0.5, 0.6) is 0 Å². The van der Waals surface area contributed by atoms with Crippen molar-refractivity contribution in [1.82, 2.24) is 19.7 Å². The third kappa shape index (κ3) is 2.70. The predicted octanol–water partition coefficient (Wildman–Crippen LogP) is 0.207. The van der Waals surface area contributed by atoms with E-state index in [4.69, 9.17) is 4.74 Å². The molecule has 0 N–H and O–H groups in total. The number of rotatable bonds is 3. The molecule has 0 unspecified atom stereocenters. The Morgan fingerprint density at radius 3 is 2.60 bits per heavy atom. The quantitative estimate of drug-likeness (QED) is 0.751. The van der Waals surface area contributed by atoms with Gasteiger partial charge in [-0.3, -0.25) is 4.90 Å². The minimum Gasteiger partial charge on any atom is -0.379 e. The average Bonchev–Trinajstić information content (AvgIpc) is 2.58. The number of aromatic nitrogens is 3. The van der Waals surface area contributed by atoms with Crippen LogP contribution in [0.15, 0.2) is 5.16 Å². The maximum Gasteiger partial charge on any atom is 0.188 e. The summed E-state index contributed by atoms with van der Waals surface area (Å²) in [6.45, 7) is 7.58. The van der Waals surface area contributed by atoms with Crippen molar-refractivity contribution in [2.75, 3.05) is 32.8 Å². The van der Waals surface area contributed by atoms with E-state index >= 15 is 0 Å². The number of morpholine rings is 1. The van der Waals surface area contributed by atoms with Gasteiger partial charge in [-0.15, -0.1) is 22.8 Å². The molecule has 6 heteroatoms. The molecule has 1 aliphatic rings. The zero-order valence-electron chi connectivity index (χ0n) is 8.89. The van der Waals surface area contributed by atoms with Gasteiger partial charge in [-0.1, -0.05) is 0 Å². The van der Waals surface area contributed by atoms with Crippen LogP contribution in [0.3, 0.4) is 0 Å². The molecule has 84 valence electrons. The molecular formula is C9H16N4OS. The van der Waals surface area contributed by atoms with Crippen molar-refractivity contribution in [3.8, 4) is 0 Å². The van der Waals surface area contributed by atoms with Crippen molar-refractivity contribution >= 4 is 12.6 Å². The third-order valence-corrected chi connectivity index (χ3v) is 2.99. The fourth-order valence-electron chi connectivity index (χ4n) is 1.70. The van der Waals surface area contributed by atoms with E-state index in [0.717, 1.165) is 45.2 Å². The van der Waals surface area contributed by atoms with Crippen LogP contribution < -0.4 is 0 Å². The van der Waals surface area contributed by atoms with Gasteiger partial charge < -0.3 is 9.30 Å². The maximum absolute atomic E-state index is 5.30. The molecular weight excluding hydrogens is 212 g/mol. The van der Waals surface area contributed by atoms with E-state index in [1.165, 1.54) is 0 Å². The van der Waals surface area contributed by atoms with Gasteiger partial charge in [0.1, 0.15) is 5.82 Å². The van der Waals surface area contributed by atoms with Crippen molar-refractivity contribution in [2.45, 2.75) is 18.6 Å². The van der Waals surface area contributed by atoms with E-state index in [-0.39, 0.29) is 0 Å². The van der Waals surface area contributed by atoms with Gasteiger partial charge in [-0.25, -0.2) is 0 Å². The highest BCUT2D eigenvalue weighted by Gasteiger charge is 2.11. The standard InChI is InChI=1S/C9H16N4OS/c1-8-10-11-9(15)13(8)3-2-12-4-6-14-7-5-12/h2-7H2,1H3,(H,11,15). The Hall–Kier alpha value is -0.590. The number of hydrogen-bond acceptors (Lipinski definition) is 5. The molecule has 1 aliphatic heterocycles. The van der Waals surface area contributed by atoms with Crippen LogP contribution in [0.2, 0.25) is 0 Å². The highest BCUT2D eigenvalue weighted by molar-refractivity contribution is 7.80. The summed E-state index contributed by atoms with van der Waals surface area (Å²) in [5, 5.41) is 8.58. The van der Waals surface area contributed by atoms with E-state index in [2.05, 4.69) is 27.7 Å². The monoisotopic (exact) mass is 228 g/mol. The molecule has 0 atom stereocenters. The summed E-state index contributed by atoms with van der Waals surface area (Å²) in [7, 11) is 0. The Morgan fingerprint density at radius 2 is 2.00 bits per heavy atom. The minimum atomic E-state index is 0.695. The molecule has 0 aliphatic carbocycles. The Labute approximate surface area is 94.8 Å². The van der Waals surface area contributed by atoms with Crippen LogP contribution in [0.1, 0.15) is 5.82 Å². The number of ether oxygens (including phenoxy) is 1. The zero-order chi connectivity index (χ0) is 10.7. The lowest BCUT2D eigenvalue weighted by molar-refractivity contribution is 0.0360. The molecule has 2 heterocycles. The average molecular weight is 228 g/mol. The Morgan fingerprint density at radius 1 is 1.27 bits per heavy atom. The lowest BCUT2D eigenvalue weighted by atomic mass is 10.4. The Balaban J connectivity index is 1.87. The predicted molar refractivity (Wildman–Crippen MR) is 59.3 cm³/mol. The summed E-state index contributed by atoms with van der Waals surface area (Å²) in [6, 6.07) is 0. The van der Waals surface area contributed by atoms with E-state index in [1.807, 2.05) is 11.5 Å². The van der Waals surface area contributed by atoms with Crippen molar-refractivity contribution in [3.05, 3.63) is 5.82 Å². The first-order valence-electron chi connectivity index (χ1n) is 5.16. The van der Waals surface area contributed by atoms with Crippen LogP contribution in [0.25, 0.3) is 0 Å². The second-order valence-electron chi connectivity index (χ2n) is 3.65. The molecule has 2 rings (SSSR count). The van der Waals surface area contributed by atoms with Crippen molar-refractivity contribution in [1.29, 1.82) is 0 Å². The SMILES string of the molecule is Cc1nnc(S)n1CCN1CCOCC1. The van der Waals surface area contributed by atoms with E-state index in [9.17, 15) is 0 Å². The zero-order valence-corrected chi connectivity index (χ0v) is 9.78. The van der Waals surface area contributed by atoms with Gasteiger partial charge >= 0.3 is 0 Å². The summed E-state index contributed by atoms with van der Waals surface area (Å²) in [5.74, 6) is 0.924. The fourth-order valence-corrected chi connectivity index (χ4v) is 1.99. The van der Waals surface area contributed by atoms with Gasteiger partial charge in [0.2, 0.25) is 0 Å². The minimum absolute atomic E-state index is 0.695.